The van der Waals surface area contributed by atoms with Crippen molar-refractivity contribution in [1.29, 1.82) is 0 Å². The lowest BCUT2D eigenvalue weighted by Crippen LogP contribution is -2.04. The van der Waals surface area contributed by atoms with Crippen LogP contribution in [0.2, 0.25) is 0 Å². The van der Waals surface area contributed by atoms with Crippen LogP contribution in [0.4, 0.5) is 17.5 Å². The summed E-state index contributed by atoms with van der Waals surface area (Å²) in [7, 11) is 0. The molecule has 0 bridgehead atoms. The Morgan fingerprint density at radius 2 is 1.91 bits per heavy atom. The number of aryl methyl sites for hydroxylation is 1. The summed E-state index contributed by atoms with van der Waals surface area (Å²) in [5.74, 6) is 1.35. The Labute approximate surface area is 144 Å². The van der Waals surface area contributed by atoms with Crippen LogP contribution in [-0.2, 0) is 6.54 Å². The number of aromatic nitrogens is 2. The van der Waals surface area contributed by atoms with Gasteiger partial charge >= 0.3 is 0 Å². The highest BCUT2D eigenvalue weighted by Gasteiger charge is 2.03. The zero-order chi connectivity index (χ0) is 16.1. The number of halogens is 1. The van der Waals surface area contributed by atoms with E-state index in [0.717, 1.165) is 22.5 Å². The second-order valence-corrected chi connectivity index (χ2v) is 6.07. The van der Waals surface area contributed by atoms with E-state index >= 15 is 0 Å². The van der Waals surface area contributed by atoms with Gasteiger partial charge in [-0.1, -0.05) is 42.0 Å². The molecule has 0 radical (unpaired) electrons. The number of anilines is 3. The molecule has 4 nitrogen and oxygen atoms in total. The third-order valence-electron chi connectivity index (χ3n) is 3.33. The van der Waals surface area contributed by atoms with Gasteiger partial charge in [0, 0.05) is 17.2 Å². The zero-order valence-electron chi connectivity index (χ0n) is 12.8. The molecule has 5 heteroatoms. The maximum absolute atomic E-state index is 4.49. The molecule has 116 valence electrons. The van der Waals surface area contributed by atoms with Gasteiger partial charge in [-0.15, -0.1) is 0 Å². The molecule has 23 heavy (non-hydrogen) atoms. The first-order valence-electron chi connectivity index (χ1n) is 7.35. The van der Waals surface area contributed by atoms with E-state index in [0.29, 0.717) is 5.95 Å². The molecule has 3 aromatic rings. The van der Waals surface area contributed by atoms with Crippen molar-refractivity contribution >= 4 is 33.4 Å². The van der Waals surface area contributed by atoms with Crippen molar-refractivity contribution in [3.8, 4) is 0 Å². The monoisotopic (exact) mass is 368 g/mol. The molecule has 2 aromatic carbocycles. The quantitative estimate of drug-likeness (QED) is 0.672. The Balaban J connectivity index is 1.69. The average molecular weight is 369 g/mol. The second kappa shape index (κ2) is 7.24. The van der Waals surface area contributed by atoms with Crippen LogP contribution in [0.25, 0.3) is 0 Å². The van der Waals surface area contributed by atoms with Crippen LogP contribution in [0.1, 0.15) is 11.1 Å². The fourth-order valence-electron chi connectivity index (χ4n) is 2.22. The van der Waals surface area contributed by atoms with Crippen molar-refractivity contribution in [3.63, 3.8) is 0 Å². The van der Waals surface area contributed by atoms with Crippen molar-refractivity contribution in [3.05, 3.63) is 76.4 Å². The lowest BCUT2D eigenvalue weighted by Gasteiger charge is -2.09. The third kappa shape index (κ3) is 4.29. The maximum atomic E-state index is 4.49. The van der Waals surface area contributed by atoms with Gasteiger partial charge in [0.2, 0.25) is 5.95 Å². The Morgan fingerprint density at radius 1 is 1.04 bits per heavy atom. The zero-order valence-corrected chi connectivity index (χ0v) is 14.3. The Bertz CT molecular complexity index is 804. The molecule has 1 aromatic heterocycles. The van der Waals surface area contributed by atoms with Crippen molar-refractivity contribution in [2.45, 2.75) is 13.5 Å². The van der Waals surface area contributed by atoms with Gasteiger partial charge in [-0.05, 0) is 46.6 Å². The van der Waals surface area contributed by atoms with Gasteiger partial charge in [-0.25, -0.2) is 4.98 Å². The van der Waals surface area contributed by atoms with Gasteiger partial charge in [-0.3, -0.25) is 0 Å². The number of nitrogens with one attached hydrogen (secondary N) is 2. The average Bonchev–Trinajstić information content (AvgIpc) is 2.56. The van der Waals surface area contributed by atoms with Crippen LogP contribution in [0.15, 0.2) is 65.3 Å². The lowest BCUT2D eigenvalue weighted by atomic mass is 10.1. The van der Waals surface area contributed by atoms with E-state index in [-0.39, 0.29) is 0 Å². The standard InChI is InChI=1S/C18H17BrN4/c1-13-5-4-6-14(11-13)12-21-17-9-10-20-18(23-17)22-16-8-3-2-7-15(16)19/h2-11H,12H2,1H3,(H2,20,21,22,23). The van der Waals surface area contributed by atoms with E-state index < -0.39 is 0 Å². The van der Waals surface area contributed by atoms with Gasteiger partial charge in [0.15, 0.2) is 0 Å². The summed E-state index contributed by atoms with van der Waals surface area (Å²) in [5, 5.41) is 6.54. The fraction of sp³-hybridized carbons (Fsp3) is 0.111. The highest BCUT2D eigenvalue weighted by molar-refractivity contribution is 9.10. The number of rotatable bonds is 5. The van der Waals surface area contributed by atoms with Gasteiger partial charge in [0.25, 0.3) is 0 Å². The minimum atomic E-state index is 0.561. The topological polar surface area (TPSA) is 49.8 Å². The molecular formula is C18H17BrN4. The molecule has 2 N–H and O–H groups in total. The first-order chi connectivity index (χ1) is 11.2. The summed E-state index contributed by atoms with van der Waals surface area (Å²) < 4.78 is 0.974. The van der Waals surface area contributed by atoms with E-state index in [9.17, 15) is 0 Å². The summed E-state index contributed by atoms with van der Waals surface area (Å²) in [6, 6.07) is 18.2. The SMILES string of the molecule is Cc1cccc(CNc2ccnc(Nc3ccccc3Br)n2)c1. The van der Waals surface area contributed by atoms with E-state index in [2.05, 4.69) is 67.7 Å². The van der Waals surface area contributed by atoms with Crippen molar-refractivity contribution in [2.75, 3.05) is 10.6 Å². The molecule has 0 aliphatic carbocycles. The molecule has 0 saturated heterocycles. The largest absolute Gasteiger partial charge is 0.366 e. The summed E-state index contributed by atoms with van der Waals surface area (Å²) in [6.45, 7) is 2.82. The van der Waals surface area contributed by atoms with Crippen molar-refractivity contribution in [2.24, 2.45) is 0 Å². The Hall–Kier alpha value is -2.40. The highest BCUT2D eigenvalue weighted by atomic mass is 79.9. The molecular weight excluding hydrogens is 352 g/mol. The normalized spacial score (nSPS) is 10.3. The van der Waals surface area contributed by atoms with Crippen molar-refractivity contribution in [1.82, 2.24) is 9.97 Å². The summed E-state index contributed by atoms with van der Waals surface area (Å²) in [5.41, 5.74) is 3.41. The van der Waals surface area contributed by atoms with Gasteiger partial charge in [-0.2, -0.15) is 4.98 Å². The predicted octanol–water partition coefficient (Wildman–Crippen LogP) is 4.90. The number of para-hydroxylation sites is 1. The molecule has 0 aliphatic rings. The molecule has 0 fully saturated rings. The Kier molecular flexibility index (Phi) is 4.88. The first-order valence-corrected chi connectivity index (χ1v) is 8.14. The maximum Gasteiger partial charge on any atom is 0.229 e. The Morgan fingerprint density at radius 3 is 2.74 bits per heavy atom. The fourth-order valence-corrected chi connectivity index (χ4v) is 2.60. The van der Waals surface area contributed by atoms with E-state index in [1.54, 1.807) is 6.20 Å². The molecule has 3 rings (SSSR count). The van der Waals surface area contributed by atoms with Crippen LogP contribution in [0.5, 0.6) is 0 Å². The second-order valence-electron chi connectivity index (χ2n) is 5.21. The lowest BCUT2D eigenvalue weighted by molar-refractivity contribution is 1.08. The summed E-state index contributed by atoms with van der Waals surface area (Å²) >= 11 is 3.51. The van der Waals surface area contributed by atoms with Gasteiger partial charge < -0.3 is 10.6 Å². The molecule has 0 aliphatic heterocycles. The van der Waals surface area contributed by atoms with Crippen LogP contribution in [0, 0.1) is 6.92 Å². The molecule has 0 unspecified atom stereocenters. The van der Waals surface area contributed by atoms with Crippen LogP contribution in [0.3, 0.4) is 0 Å². The predicted molar refractivity (Wildman–Crippen MR) is 98.0 cm³/mol. The number of benzene rings is 2. The number of hydrogen-bond donors (Lipinski definition) is 2. The summed E-state index contributed by atoms with van der Waals surface area (Å²) in [6.07, 6.45) is 1.74. The minimum Gasteiger partial charge on any atom is -0.366 e. The van der Waals surface area contributed by atoms with E-state index in [1.807, 2.05) is 30.3 Å². The first kappa shape index (κ1) is 15.5. The smallest absolute Gasteiger partial charge is 0.229 e. The number of nitrogens with zero attached hydrogens (tertiary/aromatic N) is 2. The van der Waals surface area contributed by atoms with Crippen LogP contribution < -0.4 is 10.6 Å². The van der Waals surface area contributed by atoms with E-state index in [4.69, 9.17) is 0 Å². The van der Waals surface area contributed by atoms with Gasteiger partial charge in [0.05, 0.1) is 5.69 Å². The van der Waals surface area contributed by atoms with Crippen molar-refractivity contribution < 1.29 is 0 Å². The molecule has 0 saturated carbocycles. The van der Waals surface area contributed by atoms with Gasteiger partial charge in [0.1, 0.15) is 5.82 Å². The van der Waals surface area contributed by atoms with Crippen LogP contribution >= 0.6 is 15.9 Å². The molecule has 0 amide bonds. The highest BCUT2D eigenvalue weighted by Crippen LogP contribution is 2.24. The van der Waals surface area contributed by atoms with Crippen LogP contribution in [-0.4, -0.2) is 9.97 Å². The minimum absolute atomic E-state index is 0.561. The molecule has 1 heterocycles. The molecule has 0 atom stereocenters. The summed E-state index contributed by atoms with van der Waals surface area (Å²) in [4.78, 5) is 8.75. The third-order valence-corrected chi connectivity index (χ3v) is 4.02. The molecule has 0 spiro atoms. The number of hydrogen-bond acceptors (Lipinski definition) is 4. The van der Waals surface area contributed by atoms with E-state index in [1.165, 1.54) is 11.1 Å².